The fourth-order valence-electron chi connectivity index (χ4n) is 2.29. The number of nitrogens with zero attached hydrogens (tertiary/aromatic N) is 4. The number of fused-ring (bicyclic) bond motifs is 1. The average molecular weight is 348 g/mol. The first-order valence-electron chi connectivity index (χ1n) is 6.52. The molecule has 1 aromatic heterocycles. The van der Waals surface area contributed by atoms with Crippen molar-refractivity contribution in [3.63, 3.8) is 0 Å². The van der Waals surface area contributed by atoms with Gasteiger partial charge >= 0.3 is 29.6 Å². The number of rotatable bonds is 4. The third-order valence-corrected chi connectivity index (χ3v) is 3.91. The summed E-state index contributed by atoms with van der Waals surface area (Å²) in [6.45, 7) is 0. The van der Waals surface area contributed by atoms with Gasteiger partial charge in [0.05, 0.1) is 22.7 Å². The molecular weight excluding hydrogens is 339 g/mol. The van der Waals surface area contributed by atoms with Crippen LogP contribution in [0.25, 0.3) is 11.0 Å². The molecule has 0 N–H and O–H groups in total. The Morgan fingerprint density at radius 1 is 1.17 bits per heavy atom. The normalized spacial score (nSPS) is 11.3. The molecule has 1 heterocycles. The van der Waals surface area contributed by atoms with Gasteiger partial charge in [-0.3, -0.25) is 14.9 Å². The van der Waals surface area contributed by atoms with E-state index in [-0.39, 0.29) is 52.1 Å². The number of non-ortho nitro benzene ring substituents is 1. The van der Waals surface area contributed by atoms with Crippen molar-refractivity contribution in [1.29, 1.82) is 5.26 Å². The van der Waals surface area contributed by atoms with Crippen molar-refractivity contribution in [2.24, 2.45) is 0 Å². The first-order valence-corrected chi connectivity index (χ1v) is 7.25. The van der Waals surface area contributed by atoms with Crippen molar-refractivity contribution in [2.45, 2.75) is 5.92 Å². The van der Waals surface area contributed by atoms with Crippen molar-refractivity contribution in [3.05, 3.63) is 63.7 Å². The predicted octanol–water partition coefficient (Wildman–Crippen LogP) is 2.44. The van der Waals surface area contributed by atoms with Crippen molar-refractivity contribution in [3.8, 4) is 6.07 Å². The summed E-state index contributed by atoms with van der Waals surface area (Å²) in [5.41, 5.74) is 0.851. The van der Waals surface area contributed by atoms with Crippen LogP contribution in [0.15, 0.2) is 42.5 Å². The van der Waals surface area contributed by atoms with E-state index in [1.54, 1.807) is 30.3 Å². The van der Waals surface area contributed by atoms with Crippen LogP contribution in [0.3, 0.4) is 0 Å². The molecule has 7 nitrogen and oxygen atoms in total. The maximum atomic E-state index is 12.6. The zero-order valence-corrected chi connectivity index (χ0v) is 12.4. The van der Waals surface area contributed by atoms with Gasteiger partial charge in [-0.25, -0.2) is 0 Å². The molecule has 0 fully saturated rings. The molecule has 0 saturated carbocycles. The van der Waals surface area contributed by atoms with Crippen molar-refractivity contribution in [1.82, 2.24) is 8.75 Å². The number of hydrogen-bond donors (Lipinski definition) is 0. The molecule has 3 rings (SSSR count). The Morgan fingerprint density at radius 3 is 2.46 bits per heavy atom. The molecule has 0 radical (unpaired) electrons. The van der Waals surface area contributed by atoms with E-state index in [0.717, 1.165) is 11.7 Å². The number of nitriles is 1. The van der Waals surface area contributed by atoms with Crippen LogP contribution in [0.5, 0.6) is 0 Å². The number of Topliss-reactive ketones (excluding diaryl/α,β-unsaturated/α-hetero) is 1. The SMILES string of the molecule is N#CC(C(=O)c1ccccc1)c1ccc([N+](=O)[O-])c2nsnc12.[NaH]. The summed E-state index contributed by atoms with van der Waals surface area (Å²) in [6.07, 6.45) is 0. The van der Waals surface area contributed by atoms with Gasteiger partial charge in [0, 0.05) is 17.2 Å². The molecule has 9 heteroatoms. The zero-order chi connectivity index (χ0) is 16.4. The Hall–Kier alpha value is -2.18. The minimum atomic E-state index is -1.09. The van der Waals surface area contributed by atoms with Crippen molar-refractivity contribution in [2.75, 3.05) is 0 Å². The number of carbonyl (C=O) groups is 1. The Kier molecular flexibility index (Phi) is 5.75. The van der Waals surface area contributed by atoms with Crippen LogP contribution in [0.4, 0.5) is 5.69 Å². The second-order valence-electron chi connectivity index (χ2n) is 4.68. The van der Waals surface area contributed by atoms with Crippen LogP contribution in [0.2, 0.25) is 0 Å². The van der Waals surface area contributed by atoms with E-state index in [4.69, 9.17) is 0 Å². The fourth-order valence-corrected chi connectivity index (χ4v) is 2.87. The van der Waals surface area contributed by atoms with Crippen LogP contribution in [0.1, 0.15) is 21.8 Å². The zero-order valence-electron chi connectivity index (χ0n) is 11.5. The van der Waals surface area contributed by atoms with Gasteiger partial charge in [-0.1, -0.05) is 30.3 Å². The molecule has 0 aliphatic rings. The summed E-state index contributed by atoms with van der Waals surface area (Å²) in [6, 6.07) is 13.0. The van der Waals surface area contributed by atoms with Gasteiger partial charge in [0.15, 0.2) is 11.3 Å². The number of nitro benzene ring substituents is 1. The van der Waals surface area contributed by atoms with E-state index in [1.807, 2.05) is 6.07 Å². The van der Waals surface area contributed by atoms with E-state index in [1.165, 1.54) is 12.1 Å². The topological polar surface area (TPSA) is 110 Å². The standard InChI is InChI=1S/C15H8N4O3S.Na.H/c16-8-11(15(20)9-4-2-1-3-5-9)10-6-7-12(19(21)22)14-13(10)17-23-18-14;;/h1-7,11H;;. The summed E-state index contributed by atoms with van der Waals surface area (Å²) >= 11 is 0.809. The molecule has 114 valence electrons. The van der Waals surface area contributed by atoms with Gasteiger partial charge in [-0.2, -0.15) is 14.0 Å². The average Bonchev–Trinajstić information content (AvgIpc) is 3.05. The molecule has 0 saturated heterocycles. The third kappa shape index (κ3) is 3.20. The molecule has 1 atom stereocenters. The Balaban J connectivity index is 0.00000208. The molecule has 2 aromatic carbocycles. The summed E-state index contributed by atoms with van der Waals surface area (Å²) in [5, 5.41) is 20.5. The molecule has 0 spiro atoms. The minimum absolute atomic E-state index is 0. The van der Waals surface area contributed by atoms with Crippen LogP contribution in [-0.4, -0.2) is 49.0 Å². The second-order valence-corrected chi connectivity index (χ2v) is 5.21. The summed E-state index contributed by atoms with van der Waals surface area (Å²) in [5.74, 6) is -1.47. The molecule has 0 aliphatic carbocycles. The van der Waals surface area contributed by atoms with Crippen molar-refractivity contribution >= 4 is 63.8 Å². The molecule has 1 unspecified atom stereocenters. The predicted molar refractivity (Wildman–Crippen MR) is 90.3 cm³/mol. The first kappa shape index (κ1) is 18.2. The van der Waals surface area contributed by atoms with Gasteiger partial charge in [0.2, 0.25) is 0 Å². The van der Waals surface area contributed by atoms with Gasteiger partial charge < -0.3 is 0 Å². The number of carbonyl (C=O) groups excluding carboxylic acids is 1. The van der Waals surface area contributed by atoms with Crippen LogP contribution < -0.4 is 0 Å². The van der Waals surface area contributed by atoms with Gasteiger partial charge in [0.1, 0.15) is 11.4 Å². The Bertz CT molecular complexity index is 952. The Labute approximate surface area is 162 Å². The molecule has 0 aliphatic heterocycles. The van der Waals surface area contributed by atoms with E-state index in [0.29, 0.717) is 11.1 Å². The summed E-state index contributed by atoms with van der Waals surface area (Å²) < 4.78 is 7.95. The van der Waals surface area contributed by atoms with E-state index < -0.39 is 10.8 Å². The van der Waals surface area contributed by atoms with Crippen LogP contribution in [-0.2, 0) is 0 Å². The van der Waals surface area contributed by atoms with Crippen LogP contribution >= 0.6 is 11.7 Å². The monoisotopic (exact) mass is 348 g/mol. The van der Waals surface area contributed by atoms with E-state index in [9.17, 15) is 20.2 Å². The molecule has 3 aromatic rings. The number of hydrogen-bond acceptors (Lipinski definition) is 7. The van der Waals surface area contributed by atoms with Crippen molar-refractivity contribution < 1.29 is 9.72 Å². The molecular formula is C15H9N4NaO3S. The molecule has 0 bridgehead atoms. The fraction of sp³-hybridized carbons (Fsp3) is 0.0667. The van der Waals surface area contributed by atoms with Gasteiger partial charge in [-0.05, 0) is 6.07 Å². The summed E-state index contributed by atoms with van der Waals surface area (Å²) in [4.78, 5) is 23.0. The Morgan fingerprint density at radius 2 is 1.83 bits per heavy atom. The first-order chi connectivity index (χ1) is 11.1. The van der Waals surface area contributed by atoms with Gasteiger partial charge in [0.25, 0.3) is 5.69 Å². The van der Waals surface area contributed by atoms with Gasteiger partial charge in [-0.15, -0.1) is 0 Å². The number of ketones is 1. The van der Waals surface area contributed by atoms with E-state index >= 15 is 0 Å². The summed E-state index contributed by atoms with van der Waals surface area (Å²) in [7, 11) is 0. The molecule has 24 heavy (non-hydrogen) atoms. The second kappa shape index (κ2) is 7.59. The number of aromatic nitrogens is 2. The maximum absolute atomic E-state index is 12.6. The number of benzene rings is 2. The third-order valence-electron chi connectivity index (χ3n) is 3.38. The van der Waals surface area contributed by atoms with Crippen LogP contribution in [0, 0.1) is 21.4 Å². The quantitative estimate of drug-likeness (QED) is 0.310. The van der Waals surface area contributed by atoms with E-state index in [2.05, 4.69) is 8.75 Å². The number of nitro groups is 1. The molecule has 0 amide bonds.